The molecule has 1 aliphatic rings. The van der Waals surface area contributed by atoms with Crippen LogP contribution in [0.15, 0.2) is 12.1 Å². The highest BCUT2D eigenvalue weighted by molar-refractivity contribution is 6.33. The van der Waals surface area contributed by atoms with Gasteiger partial charge in [-0.25, -0.2) is 4.39 Å². The van der Waals surface area contributed by atoms with Crippen LogP contribution in [0, 0.1) is 12.7 Å². The summed E-state index contributed by atoms with van der Waals surface area (Å²) < 4.78 is 13.3. The van der Waals surface area contributed by atoms with Crippen molar-refractivity contribution in [2.45, 2.75) is 25.3 Å². The number of amides is 1. The molecule has 1 aromatic carbocycles. The van der Waals surface area contributed by atoms with Crippen LogP contribution in [-0.4, -0.2) is 11.4 Å². The Morgan fingerprint density at radius 2 is 2.19 bits per heavy atom. The van der Waals surface area contributed by atoms with Crippen molar-refractivity contribution < 1.29 is 9.18 Å². The Hall–Kier alpha value is -1.13. The van der Waals surface area contributed by atoms with Gasteiger partial charge in [0.25, 0.3) is 0 Å². The molecule has 0 aliphatic heterocycles. The van der Waals surface area contributed by atoms with Crippen LogP contribution in [-0.2, 0) is 4.79 Å². The van der Waals surface area contributed by atoms with Crippen molar-refractivity contribution in [2.75, 3.05) is 5.32 Å². The smallest absolute Gasteiger partial charge is 0.244 e. The Bertz CT molecular complexity index is 458. The van der Waals surface area contributed by atoms with Crippen LogP contribution in [0.2, 0.25) is 5.02 Å². The number of rotatable bonds is 2. The molecule has 1 amide bonds. The van der Waals surface area contributed by atoms with E-state index in [9.17, 15) is 9.18 Å². The average molecular weight is 243 g/mol. The predicted molar refractivity (Wildman–Crippen MR) is 60.9 cm³/mol. The third kappa shape index (κ3) is 2.03. The number of anilines is 1. The summed E-state index contributed by atoms with van der Waals surface area (Å²) in [7, 11) is 0. The fraction of sp³-hybridized carbons (Fsp3) is 0.364. The molecule has 1 aromatic rings. The van der Waals surface area contributed by atoms with Crippen LogP contribution in [0.4, 0.5) is 10.1 Å². The van der Waals surface area contributed by atoms with Crippen molar-refractivity contribution in [3.05, 3.63) is 28.5 Å². The molecule has 5 heteroatoms. The van der Waals surface area contributed by atoms with E-state index in [1.165, 1.54) is 12.1 Å². The SMILES string of the molecule is Cc1cc(Cl)c(NC(=O)C2(N)CC2)cc1F. The monoisotopic (exact) mass is 242 g/mol. The average Bonchev–Trinajstić information content (AvgIpc) is 2.94. The van der Waals surface area contributed by atoms with Gasteiger partial charge in [0.2, 0.25) is 5.91 Å². The van der Waals surface area contributed by atoms with Gasteiger partial charge in [-0.15, -0.1) is 0 Å². The van der Waals surface area contributed by atoms with Crippen LogP contribution in [0.1, 0.15) is 18.4 Å². The first-order valence-corrected chi connectivity index (χ1v) is 5.36. The Morgan fingerprint density at radius 1 is 1.56 bits per heavy atom. The number of halogens is 2. The summed E-state index contributed by atoms with van der Waals surface area (Å²) >= 11 is 5.89. The number of carbonyl (C=O) groups excluding carboxylic acids is 1. The summed E-state index contributed by atoms with van der Waals surface area (Å²) in [6.07, 6.45) is 1.32. The molecule has 0 unspecified atom stereocenters. The summed E-state index contributed by atoms with van der Waals surface area (Å²) in [6.45, 7) is 1.61. The number of benzene rings is 1. The Morgan fingerprint density at radius 3 is 2.75 bits per heavy atom. The molecule has 2 rings (SSSR count). The van der Waals surface area contributed by atoms with Gasteiger partial charge in [-0.2, -0.15) is 0 Å². The van der Waals surface area contributed by atoms with Crippen molar-refractivity contribution in [2.24, 2.45) is 5.73 Å². The van der Waals surface area contributed by atoms with E-state index in [1.54, 1.807) is 6.92 Å². The zero-order chi connectivity index (χ0) is 11.9. The van der Waals surface area contributed by atoms with Gasteiger partial charge in [-0.05, 0) is 37.5 Å². The van der Waals surface area contributed by atoms with E-state index >= 15 is 0 Å². The molecular formula is C11H12ClFN2O. The zero-order valence-corrected chi connectivity index (χ0v) is 9.57. The van der Waals surface area contributed by atoms with Gasteiger partial charge in [0.05, 0.1) is 16.2 Å². The number of nitrogens with two attached hydrogens (primary N) is 1. The fourth-order valence-electron chi connectivity index (χ4n) is 1.35. The first-order valence-electron chi connectivity index (χ1n) is 4.98. The van der Waals surface area contributed by atoms with E-state index in [4.69, 9.17) is 17.3 Å². The van der Waals surface area contributed by atoms with Crippen LogP contribution in [0.3, 0.4) is 0 Å². The second kappa shape index (κ2) is 3.71. The second-order valence-corrected chi connectivity index (χ2v) is 4.60. The first kappa shape index (κ1) is 11.4. The summed E-state index contributed by atoms with van der Waals surface area (Å²) in [6, 6.07) is 2.68. The summed E-state index contributed by atoms with van der Waals surface area (Å²) in [5.74, 6) is -0.709. The third-order valence-electron chi connectivity index (χ3n) is 2.74. The molecule has 86 valence electrons. The van der Waals surface area contributed by atoms with Gasteiger partial charge >= 0.3 is 0 Å². The topological polar surface area (TPSA) is 55.1 Å². The minimum atomic E-state index is -0.787. The van der Waals surface area contributed by atoms with Crippen LogP contribution < -0.4 is 11.1 Å². The van der Waals surface area contributed by atoms with Crippen molar-refractivity contribution in [1.29, 1.82) is 0 Å². The minimum absolute atomic E-state index is 0.270. The molecule has 0 spiro atoms. The van der Waals surface area contributed by atoms with E-state index in [0.29, 0.717) is 23.4 Å². The molecule has 1 fully saturated rings. The standard InChI is InChI=1S/C11H12ClFN2O/c1-6-4-7(12)9(5-8(6)13)15-10(16)11(14)2-3-11/h4-5H,2-3,14H2,1H3,(H,15,16). The van der Waals surface area contributed by atoms with Gasteiger partial charge in [-0.1, -0.05) is 11.6 Å². The largest absolute Gasteiger partial charge is 0.323 e. The molecule has 3 N–H and O–H groups in total. The Kier molecular flexibility index (Phi) is 2.64. The molecule has 3 nitrogen and oxygen atoms in total. The molecule has 1 saturated carbocycles. The summed E-state index contributed by atoms with van der Waals surface area (Å²) in [5.41, 5.74) is 5.63. The Balaban J connectivity index is 2.21. The number of nitrogens with one attached hydrogen (secondary N) is 1. The normalized spacial score (nSPS) is 17.0. The van der Waals surface area contributed by atoms with Gasteiger partial charge in [0.15, 0.2) is 0 Å². The van der Waals surface area contributed by atoms with Crippen molar-refractivity contribution >= 4 is 23.2 Å². The van der Waals surface area contributed by atoms with E-state index in [2.05, 4.69) is 5.32 Å². The maximum Gasteiger partial charge on any atom is 0.244 e. The first-order chi connectivity index (χ1) is 7.42. The molecule has 1 aliphatic carbocycles. The van der Waals surface area contributed by atoms with Crippen molar-refractivity contribution in [3.8, 4) is 0 Å². The predicted octanol–water partition coefficient (Wildman–Crippen LogP) is 2.22. The van der Waals surface area contributed by atoms with Gasteiger partial charge < -0.3 is 11.1 Å². The van der Waals surface area contributed by atoms with E-state index in [-0.39, 0.29) is 11.6 Å². The summed E-state index contributed by atoms with van der Waals surface area (Å²) in [4.78, 5) is 11.6. The quantitative estimate of drug-likeness (QED) is 0.836. The highest BCUT2D eigenvalue weighted by Gasteiger charge is 2.46. The van der Waals surface area contributed by atoms with Crippen molar-refractivity contribution in [1.82, 2.24) is 0 Å². The molecule has 0 aromatic heterocycles. The van der Waals surface area contributed by atoms with E-state index in [1.807, 2.05) is 0 Å². The minimum Gasteiger partial charge on any atom is -0.323 e. The molecule has 0 heterocycles. The molecular weight excluding hydrogens is 231 g/mol. The van der Waals surface area contributed by atoms with Crippen LogP contribution in [0.5, 0.6) is 0 Å². The van der Waals surface area contributed by atoms with Crippen LogP contribution >= 0.6 is 11.6 Å². The van der Waals surface area contributed by atoms with E-state index < -0.39 is 11.4 Å². The molecule has 0 saturated heterocycles. The zero-order valence-electron chi connectivity index (χ0n) is 8.81. The third-order valence-corrected chi connectivity index (χ3v) is 3.05. The fourth-order valence-corrected chi connectivity index (χ4v) is 1.62. The van der Waals surface area contributed by atoms with Crippen LogP contribution in [0.25, 0.3) is 0 Å². The molecule has 16 heavy (non-hydrogen) atoms. The molecule has 0 atom stereocenters. The number of hydrogen-bond donors (Lipinski definition) is 2. The van der Waals surface area contributed by atoms with Gasteiger partial charge in [-0.3, -0.25) is 4.79 Å². The number of aryl methyl sites for hydroxylation is 1. The summed E-state index contributed by atoms with van der Waals surface area (Å²) in [5, 5.41) is 2.86. The molecule has 0 radical (unpaired) electrons. The Labute approximate surface area is 97.8 Å². The van der Waals surface area contributed by atoms with E-state index in [0.717, 1.165) is 0 Å². The van der Waals surface area contributed by atoms with Gasteiger partial charge in [0, 0.05) is 0 Å². The lowest BCUT2D eigenvalue weighted by Crippen LogP contribution is -2.37. The number of hydrogen-bond acceptors (Lipinski definition) is 2. The van der Waals surface area contributed by atoms with Crippen molar-refractivity contribution in [3.63, 3.8) is 0 Å². The second-order valence-electron chi connectivity index (χ2n) is 4.19. The highest BCUT2D eigenvalue weighted by Crippen LogP contribution is 2.34. The highest BCUT2D eigenvalue weighted by atomic mass is 35.5. The lowest BCUT2D eigenvalue weighted by atomic mass is 10.2. The maximum absolute atomic E-state index is 13.3. The molecule has 0 bridgehead atoms. The number of carbonyl (C=O) groups is 1. The van der Waals surface area contributed by atoms with Gasteiger partial charge in [0.1, 0.15) is 5.82 Å². The lowest BCUT2D eigenvalue weighted by molar-refractivity contribution is -0.118. The maximum atomic E-state index is 13.3. The lowest BCUT2D eigenvalue weighted by Gasteiger charge is -2.12.